The Morgan fingerprint density at radius 1 is 1.16 bits per heavy atom. The van der Waals surface area contributed by atoms with E-state index in [0.29, 0.717) is 17.9 Å². The largest absolute Gasteiger partial charge is 0.354 e. The first kappa shape index (κ1) is 18.2. The summed E-state index contributed by atoms with van der Waals surface area (Å²) in [5.74, 6) is 0.137. The van der Waals surface area contributed by atoms with Crippen LogP contribution in [0.4, 0.5) is 0 Å². The fraction of sp³-hybridized carbons (Fsp3) is 0.846. The summed E-state index contributed by atoms with van der Waals surface area (Å²) in [6.45, 7) is 5.25. The minimum atomic E-state index is -0.301. The first-order chi connectivity index (χ1) is 8.43. The summed E-state index contributed by atoms with van der Waals surface area (Å²) in [5, 5.41) is 5.32. The Balaban J connectivity index is 0.00000324. The summed E-state index contributed by atoms with van der Waals surface area (Å²) in [6.07, 6.45) is 4.78. The summed E-state index contributed by atoms with van der Waals surface area (Å²) in [6, 6.07) is 0. The predicted molar refractivity (Wildman–Crippen MR) is 78.1 cm³/mol. The van der Waals surface area contributed by atoms with Crippen LogP contribution in [0.25, 0.3) is 0 Å². The van der Waals surface area contributed by atoms with E-state index in [4.69, 9.17) is 5.73 Å². The molecular weight excluding hydrogens is 266 g/mol. The van der Waals surface area contributed by atoms with Gasteiger partial charge in [-0.15, -0.1) is 12.4 Å². The Bertz CT molecular complexity index is 298. The molecule has 0 aromatic carbocycles. The molecule has 0 bridgehead atoms. The van der Waals surface area contributed by atoms with E-state index in [0.717, 1.165) is 0 Å². The molecule has 1 fully saturated rings. The molecule has 6 heteroatoms. The third kappa shape index (κ3) is 7.38. The van der Waals surface area contributed by atoms with Crippen molar-refractivity contribution in [2.24, 2.45) is 17.1 Å². The van der Waals surface area contributed by atoms with E-state index in [-0.39, 0.29) is 37.3 Å². The summed E-state index contributed by atoms with van der Waals surface area (Å²) in [7, 11) is 0. The number of nitrogens with two attached hydrogens (primary N) is 1. The zero-order valence-corrected chi connectivity index (χ0v) is 12.6. The molecule has 1 aliphatic carbocycles. The minimum Gasteiger partial charge on any atom is -0.354 e. The lowest BCUT2D eigenvalue weighted by Gasteiger charge is -2.34. The highest BCUT2D eigenvalue weighted by Crippen LogP contribution is 2.37. The van der Waals surface area contributed by atoms with E-state index in [2.05, 4.69) is 24.5 Å². The van der Waals surface area contributed by atoms with E-state index in [1.807, 2.05) is 0 Å². The van der Waals surface area contributed by atoms with E-state index >= 15 is 0 Å². The van der Waals surface area contributed by atoms with Crippen LogP contribution >= 0.6 is 12.4 Å². The molecule has 1 saturated carbocycles. The van der Waals surface area contributed by atoms with Crippen LogP contribution in [0.5, 0.6) is 0 Å². The second-order valence-corrected chi connectivity index (χ2v) is 5.89. The van der Waals surface area contributed by atoms with Crippen molar-refractivity contribution in [2.75, 3.05) is 19.6 Å². The molecule has 0 aliphatic heterocycles. The Morgan fingerprint density at radius 2 is 1.74 bits per heavy atom. The maximum atomic E-state index is 11.5. The van der Waals surface area contributed by atoms with Crippen molar-refractivity contribution in [3.63, 3.8) is 0 Å². The summed E-state index contributed by atoms with van der Waals surface area (Å²) >= 11 is 0. The quantitative estimate of drug-likeness (QED) is 0.701. The molecule has 0 unspecified atom stereocenters. The monoisotopic (exact) mass is 291 g/mol. The van der Waals surface area contributed by atoms with Crippen molar-refractivity contribution in [1.82, 2.24) is 10.6 Å². The Labute approximate surface area is 121 Å². The SMILES string of the molecule is CC1(C)CCC(CNC(=O)CNC(=O)CN)CC1.Cl. The van der Waals surface area contributed by atoms with Gasteiger partial charge in [-0.25, -0.2) is 0 Å². The van der Waals surface area contributed by atoms with Crippen molar-refractivity contribution < 1.29 is 9.59 Å². The van der Waals surface area contributed by atoms with Gasteiger partial charge in [-0.3, -0.25) is 9.59 Å². The van der Waals surface area contributed by atoms with Gasteiger partial charge in [0.15, 0.2) is 0 Å². The molecule has 0 radical (unpaired) electrons. The third-order valence-corrected chi connectivity index (χ3v) is 3.68. The lowest BCUT2D eigenvalue weighted by Crippen LogP contribution is -2.41. The van der Waals surface area contributed by atoms with Gasteiger partial charge >= 0.3 is 0 Å². The maximum Gasteiger partial charge on any atom is 0.239 e. The molecular formula is C13H26ClN3O2. The van der Waals surface area contributed by atoms with E-state index in [9.17, 15) is 9.59 Å². The Morgan fingerprint density at radius 3 is 2.26 bits per heavy atom. The second kappa shape index (κ2) is 8.38. The van der Waals surface area contributed by atoms with Gasteiger partial charge in [-0.05, 0) is 37.0 Å². The molecule has 19 heavy (non-hydrogen) atoms. The number of amides is 2. The number of hydrogen-bond donors (Lipinski definition) is 3. The molecule has 0 aromatic heterocycles. The van der Waals surface area contributed by atoms with Crippen molar-refractivity contribution in [2.45, 2.75) is 39.5 Å². The minimum absolute atomic E-state index is 0. The molecule has 5 nitrogen and oxygen atoms in total. The summed E-state index contributed by atoms with van der Waals surface area (Å²) < 4.78 is 0. The third-order valence-electron chi connectivity index (χ3n) is 3.68. The van der Waals surface area contributed by atoms with Gasteiger partial charge in [-0.1, -0.05) is 13.8 Å². The fourth-order valence-corrected chi connectivity index (χ4v) is 2.23. The van der Waals surface area contributed by atoms with Gasteiger partial charge in [0.1, 0.15) is 0 Å². The smallest absolute Gasteiger partial charge is 0.239 e. The lowest BCUT2D eigenvalue weighted by molar-refractivity contribution is -0.125. The molecule has 0 spiro atoms. The average Bonchev–Trinajstić information content (AvgIpc) is 2.34. The molecule has 1 rings (SSSR count). The normalized spacial score (nSPS) is 18.3. The van der Waals surface area contributed by atoms with E-state index < -0.39 is 0 Å². The molecule has 4 N–H and O–H groups in total. The highest BCUT2D eigenvalue weighted by atomic mass is 35.5. The molecule has 1 aliphatic rings. The highest BCUT2D eigenvalue weighted by Gasteiger charge is 2.26. The lowest BCUT2D eigenvalue weighted by atomic mass is 9.73. The van der Waals surface area contributed by atoms with E-state index in [1.54, 1.807) is 0 Å². The molecule has 112 valence electrons. The topological polar surface area (TPSA) is 84.2 Å². The van der Waals surface area contributed by atoms with Crippen LogP contribution in [0.2, 0.25) is 0 Å². The number of hydrogen-bond acceptors (Lipinski definition) is 3. The van der Waals surface area contributed by atoms with Crippen LogP contribution in [0.15, 0.2) is 0 Å². The van der Waals surface area contributed by atoms with Gasteiger partial charge < -0.3 is 16.4 Å². The van der Waals surface area contributed by atoms with Crippen LogP contribution in [0, 0.1) is 11.3 Å². The summed E-state index contributed by atoms with van der Waals surface area (Å²) in [4.78, 5) is 22.3. The zero-order valence-electron chi connectivity index (χ0n) is 11.8. The Kier molecular flexibility index (Phi) is 8.02. The van der Waals surface area contributed by atoms with Gasteiger partial charge in [0.05, 0.1) is 13.1 Å². The van der Waals surface area contributed by atoms with Crippen molar-refractivity contribution in [3.05, 3.63) is 0 Å². The molecule has 0 saturated heterocycles. The van der Waals surface area contributed by atoms with Crippen molar-refractivity contribution in [1.29, 1.82) is 0 Å². The average molecular weight is 292 g/mol. The van der Waals surface area contributed by atoms with Gasteiger partial charge in [0, 0.05) is 6.54 Å². The molecule has 0 aromatic rings. The molecule has 0 atom stereocenters. The van der Waals surface area contributed by atoms with Crippen molar-refractivity contribution >= 4 is 24.2 Å². The first-order valence-corrected chi connectivity index (χ1v) is 6.66. The van der Waals surface area contributed by atoms with Gasteiger partial charge in [0.2, 0.25) is 11.8 Å². The van der Waals surface area contributed by atoms with Gasteiger partial charge in [-0.2, -0.15) is 0 Å². The number of nitrogens with one attached hydrogen (secondary N) is 2. The molecule has 0 heterocycles. The van der Waals surface area contributed by atoms with Crippen LogP contribution < -0.4 is 16.4 Å². The molecule has 2 amide bonds. The number of carbonyl (C=O) groups excluding carboxylic acids is 2. The summed E-state index contributed by atoms with van der Waals surface area (Å²) in [5.41, 5.74) is 5.58. The maximum absolute atomic E-state index is 11.5. The van der Waals surface area contributed by atoms with Crippen LogP contribution in [0.1, 0.15) is 39.5 Å². The second-order valence-electron chi connectivity index (χ2n) is 5.89. The zero-order chi connectivity index (χ0) is 13.6. The fourth-order valence-electron chi connectivity index (χ4n) is 2.23. The van der Waals surface area contributed by atoms with E-state index in [1.165, 1.54) is 25.7 Å². The standard InChI is InChI=1S/C13H25N3O2.ClH/c1-13(2)5-3-10(4-6-13)8-15-12(18)9-16-11(17)7-14;/h10H,3-9,14H2,1-2H3,(H,15,18)(H,16,17);1H. The van der Waals surface area contributed by atoms with Crippen molar-refractivity contribution in [3.8, 4) is 0 Å². The predicted octanol–water partition coefficient (Wildman–Crippen LogP) is 0.816. The first-order valence-electron chi connectivity index (χ1n) is 6.66. The number of halogens is 1. The Hall–Kier alpha value is -0.810. The highest BCUT2D eigenvalue weighted by molar-refractivity contribution is 5.85. The van der Waals surface area contributed by atoms with Gasteiger partial charge in [0.25, 0.3) is 0 Å². The van der Waals surface area contributed by atoms with Crippen LogP contribution in [0.3, 0.4) is 0 Å². The number of rotatable bonds is 5. The number of carbonyl (C=O) groups is 2. The van der Waals surface area contributed by atoms with Crippen LogP contribution in [-0.4, -0.2) is 31.4 Å². The van der Waals surface area contributed by atoms with Crippen LogP contribution in [-0.2, 0) is 9.59 Å².